The maximum Gasteiger partial charge on any atom is 0.279 e. The average Bonchev–Trinajstić information content (AvgIpc) is 2.62. The molecule has 0 fully saturated rings. The Bertz CT molecular complexity index is 862. The summed E-state index contributed by atoms with van der Waals surface area (Å²) in [5, 5.41) is 14.6. The Hall–Kier alpha value is -3.08. The molecule has 0 aliphatic rings. The van der Waals surface area contributed by atoms with Crippen LogP contribution in [0.3, 0.4) is 0 Å². The second-order valence-corrected chi connectivity index (χ2v) is 6.35. The van der Waals surface area contributed by atoms with Crippen molar-refractivity contribution in [2.45, 2.75) is 0 Å². The van der Waals surface area contributed by atoms with E-state index in [1.54, 1.807) is 44.5 Å². The number of ether oxygens (including phenoxy) is 1. The predicted octanol–water partition coefficient (Wildman–Crippen LogP) is 1.31. The summed E-state index contributed by atoms with van der Waals surface area (Å²) in [6, 6.07) is 13.6. The number of likely N-dealkylation sites (N-methyl/N-ethyl adjacent to an activating group) is 1. The smallest absolute Gasteiger partial charge is 0.279 e. The molecule has 1 atom stereocenters. The molecule has 1 unspecified atom stereocenters. The van der Waals surface area contributed by atoms with Crippen LogP contribution >= 0.6 is 11.6 Å². The van der Waals surface area contributed by atoms with E-state index in [-0.39, 0.29) is 29.9 Å². The lowest BCUT2D eigenvalue weighted by atomic mass is 10.2. The van der Waals surface area contributed by atoms with Gasteiger partial charge in [0.25, 0.3) is 11.8 Å². The normalized spacial score (nSPS) is 11.2. The van der Waals surface area contributed by atoms with Gasteiger partial charge in [-0.25, -0.2) is 0 Å². The van der Waals surface area contributed by atoms with Crippen molar-refractivity contribution in [3.05, 3.63) is 53.1 Å². The number of nitriles is 1. The van der Waals surface area contributed by atoms with E-state index in [0.29, 0.717) is 22.7 Å². The Labute approximate surface area is 162 Å². The van der Waals surface area contributed by atoms with Crippen LogP contribution in [-0.2, 0) is 9.59 Å². The van der Waals surface area contributed by atoms with Gasteiger partial charge in [0.2, 0.25) is 0 Å². The van der Waals surface area contributed by atoms with Crippen molar-refractivity contribution >= 4 is 34.8 Å². The first kappa shape index (κ1) is 20.2. The van der Waals surface area contributed by atoms with E-state index in [2.05, 4.69) is 10.6 Å². The quantitative estimate of drug-likeness (QED) is 0.667. The largest absolute Gasteiger partial charge is 0.497 e. The Balaban J connectivity index is 1.82. The van der Waals surface area contributed by atoms with Gasteiger partial charge in [0.05, 0.1) is 24.7 Å². The fourth-order valence-electron chi connectivity index (χ4n) is 2.38. The Morgan fingerprint density at radius 1 is 1.07 bits per heavy atom. The molecule has 0 bridgehead atoms. The Kier molecular flexibility index (Phi) is 7.17. The summed E-state index contributed by atoms with van der Waals surface area (Å²) < 4.78 is 5.07. The molecule has 0 aliphatic heterocycles. The van der Waals surface area contributed by atoms with Crippen LogP contribution in [-0.4, -0.2) is 39.1 Å². The van der Waals surface area contributed by atoms with Crippen LogP contribution in [0.25, 0.3) is 0 Å². The highest BCUT2D eigenvalue weighted by Gasteiger charge is 2.15. The lowest BCUT2D eigenvalue weighted by Crippen LogP contribution is -3.11. The molecule has 27 heavy (non-hydrogen) atoms. The van der Waals surface area contributed by atoms with Crippen LogP contribution < -0.4 is 20.3 Å². The third-order valence-corrected chi connectivity index (χ3v) is 3.98. The van der Waals surface area contributed by atoms with E-state index in [9.17, 15) is 9.59 Å². The van der Waals surface area contributed by atoms with Crippen LogP contribution in [0.15, 0.2) is 42.5 Å². The predicted molar refractivity (Wildman–Crippen MR) is 103 cm³/mol. The molecule has 2 rings (SSSR count). The molecule has 2 aromatic rings. The van der Waals surface area contributed by atoms with E-state index >= 15 is 0 Å². The van der Waals surface area contributed by atoms with Crippen LogP contribution in [0.2, 0.25) is 5.02 Å². The number of carbonyl (C=O) groups is 2. The van der Waals surface area contributed by atoms with Crippen molar-refractivity contribution in [1.29, 1.82) is 5.26 Å². The molecule has 0 saturated heterocycles. The zero-order valence-electron chi connectivity index (χ0n) is 15.0. The molecule has 0 radical (unpaired) electrons. The molecule has 0 heterocycles. The fourth-order valence-corrected chi connectivity index (χ4v) is 2.60. The third-order valence-electron chi connectivity index (χ3n) is 3.67. The topological polar surface area (TPSA) is 95.7 Å². The number of methoxy groups -OCH3 is 1. The Morgan fingerprint density at radius 2 is 1.63 bits per heavy atom. The van der Waals surface area contributed by atoms with Gasteiger partial charge in [-0.05, 0) is 42.5 Å². The average molecular weight is 388 g/mol. The molecular weight excluding hydrogens is 368 g/mol. The summed E-state index contributed by atoms with van der Waals surface area (Å²) in [6.45, 7) is 0.237. The van der Waals surface area contributed by atoms with Crippen LogP contribution in [0.4, 0.5) is 11.4 Å². The third kappa shape index (κ3) is 6.29. The highest BCUT2D eigenvalue weighted by Crippen LogP contribution is 2.20. The van der Waals surface area contributed by atoms with E-state index in [4.69, 9.17) is 21.6 Å². The number of anilines is 2. The maximum atomic E-state index is 12.1. The van der Waals surface area contributed by atoms with E-state index in [0.717, 1.165) is 4.90 Å². The van der Waals surface area contributed by atoms with Crippen LogP contribution in [0, 0.1) is 11.3 Å². The number of nitrogens with zero attached hydrogens (tertiary/aromatic N) is 1. The summed E-state index contributed by atoms with van der Waals surface area (Å²) in [5.74, 6) is 0.243. The molecule has 0 spiro atoms. The number of hydrogen-bond acceptors (Lipinski definition) is 4. The molecular formula is C19H20ClN4O3+. The fraction of sp³-hybridized carbons (Fsp3) is 0.211. The first-order valence-electron chi connectivity index (χ1n) is 8.16. The first-order valence-corrected chi connectivity index (χ1v) is 8.53. The minimum absolute atomic E-state index is 0.105. The number of quaternary nitrogens is 1. The zero-order valence-corrected chi connectivity index (χ0v) is 15.8. The minimum Gasteiger partial charge on any atom is -0.497 e. The van der Waals surface area contributed by atoms with E-state index in [1.165, 1.54) is 12.1 Å². The van der Waals surface area contributed by atoms with Gasteiger partial charge in [-0.1, -0.05) is 11.6 Å². The maximum absolute atomic E-state index is 12.1. The molecule has 2 amide bonds. The monoisotopic (exact) mass is 387 g/mol. The number of benzene rings is 2. The van der Waals surface area contributed by atoms with Crippen molar-refractivity contribution in [3.8, 4) is 11.8 Å². The van der Waals surface area contributed by atoms with Gasteiger partial charge in [0, 0.05) is 11.4 Å². The first-order chi connectivity index (χ1) is 12.9. The molecule has 8 heteroatoms. The second kappa shape index (κ2) is 9.57. The van der Waals surface area contributed by atoms with Gasteiger partial charge >= 0.3 is 0 Å². The number of amides is 2. The summed E-state index contributed by atoms with van der Waals surface area (Å²) in [4.78, 5) is 24.9. The highest BCUT2D eigenvalue weighted by molar-refractivity contribution is 6.32. The lowest BCUT2D eigenvalue weighted by Gasteiger charge is -2.14. The van der Waals surface area contributed by atoms with Gasteiger partial charge in [0.1, 0.15) is 11.8 Å². The summed E-state index contributed by atoms with van der Waals surface area (Å²) in [7, 11) is 3.32. The highest BCUT2D eigenvalue weighted by atomic mass is 35.5. The minimum atomic E-state index is -0.259. The van der Waals surface area contributed by atoms with Crippen LogP contribution in [0.5, 0.6) is 5.75 Å². The molecule has 7 nitrogen and oxygen atoms in total. The number of nitrogens with one attached hydrogen (secondary N) is 3. The Morgan fingerprint density at radius 3 is 2.15 bits per heavy atom. The molecule has 3 N–H and O–H groups in total. The van der Waals surface area contributed by atoms with Gasteiger partial charge in [-0.15, -0.1) is 0 Å². The lowest BCUT2D eigenvalue weighted by molar-refractivity contribution is -0.862. The van der Waals surface area contributed by atoms with Crippen LogP contribution in [0.1, 0.15) is 5.56 Å². The van der Waals surface area contributed by atoms with Crippen molar-refractivity contribution < 1.29 is 19.2 Å². The summed E-state index contributed by atoms with van der Waals surface area (Å²) in [5.41, 5.74) is 1.50. The van der Waals surface area contributed by atoms with Gasteiger partial charge < -0.3 is 20.3 Å². The number of rotatable bonds is 7. The van der Waals surface area contributed by atoms with Crippen molar-refractivity contribution in [3.63, 3.8) is 0 Å². The SMILES string of the molecule is COc1ccc(NC(=O)C[NH+](C)CC(=O)Nc2ccc(C#N)c(Cl)c2)cc1. The molecule has 2 aromatic carbocycles. The van der Waals surface area contributed by atoms with Crippen molar-refractivity contribution in [2.75, 3.05) is 37.9 Å². The molecule has 0 aromatic heterocycles. The van der Waals surface area contributed by atoms with Gasteiger partial charge in [0.15, 0.2) is 13.1 Å². The number of hydrogen-bond donors (Lipinski definition) is 3. The van der Waals surface area contributed by atoms with E-state index < -0.39 is 0 Å². The summed E-state index contributed by atoms with van der Waals surface area (Å²) in [6.07, 6.45) is 0. The standard InChI is InChI=1S/C19H19ClN4O3/c1-24(11-18(25)22-14-5-7-16(27-2)8-6-14)12-19(26)23-15-4-3-13(10-21)17(20)9-15/h3-9H,11-12H2,1-2H3,(H,22,25)(H,23,26)/p+1. The molecule has 140 valence electrons. The molecule has 0 aliphatic carbocycles. The zero-order chi connectivity index (χ0) is 19.8. The molecule has 0 saturated carbocycles. The van der Waals surface area contributed by atoms with Gasteiger partial charge in [-0.2, -0.15) is 5.26 Å². The van der Waals surface area contributed by atoms with Crippen molar-refractivity contribution in [1.82, 2.24) is 0 Å². The van der Waals surface area contributed by atoms with E-state index in [1.807, 2.05) is 6.07 Å². The van der Waals surface area contributed by atoms with Crippen molar-refractivity contribution in [2.24, 2.45) is 0 Å². The van der Waals surface area contributed by atoms with Gasteiger partial charge in [-0.3, -0.25) is 9.59 Å². The number of carbonyl (C=O) groups excluding carboxylic acids is 2. The number of halogens is 1. The summed E-state index contributed by atoms with van der Waals surface area (Å²) >= 11 is 5.94. The second-order valence-electron chi connectivity index (χ2n) is 5.94.